The van der Waals surface area contributed by atoms with E-state index >= 15 is 0 Å². The van der Waals surface area contributed by atoms with Gasteiger partial charge in [0.05, 0.1) is 21.8 Å². The van der Waals surface area contributed by atoms with Crippen LogP contribution in [0, 0.1) is 5.82 Å². The summed E-state index contributed by atoms with van der Waals surface area (Å²) in [6.45, 7) is 3.42. The van der Waals surface area contributed by atoms with Crippen LogP contribution in [0.5, 0.6) is 0 Å². The van der Waals surface area contributed by atoms with Crippen molar-refractivity contribution in [3.8, 4) is 0 Å². The Morgan fingerprint density at radius 3 is 2.94 bits per heavy atom. The van der Waals surface area contributed by atoms with Gasteiger partial charge in [-0.2, -0.15) is 0 Å². The molecular weight excluding hydrogens is 257 g/mol. The van der Waals surface area contributed by atoms with Crippen LogP contribution in [0.3, 0.4) is 0 Å². The average molecular weight is 272 g/mol. The van der Waals surface area contributed by atoms with Crippen LogP contribution in [0.1, 0.15) is 23.7 Å². The highest BCUT2D eigenvalue weighted by Gasteiger charge is 2.31. The van der Waals surface area contributed by atoms with E-state index in [1.807, 2.05) is 6.92 Å². The molecule has 2 rings (SSSR count). The van der Waals surface area contributed by atoms with Crippen LogP contribution in [0.2, 0.25) is 5.02 Å². The third kappa shape index (κ3) is 2.57. The minimum atomic E-state index is -0.663. The number of nitrogens with two attached hydrogens (primary N) is 1. The molecule has 0 spiro atoms. The van der Waals surface area contributed by atoms with Crippen molar-refractivity contribution in [1.82, 2.24) is 10.6 Å². The summed E-state index contributed by atoms with van der Waals surface area (Å²) >= 11 is 5.80. The first-order valence-corrected chi connectivity index (χ1v) is 6.07. The van der Waals surface area contributed by atoms with Gasteiger partial charge >= 0.3 is 0 Å². The van der Waals surface area contributed by atoms with Crippen LogP contribution < -0.4 is 16.4 Å². The van der Waals surface area contributed by atoms with Crippen LogP contribution in [-0.4, -0.2) is 24.5 Å². The first-order valence-electron chi connectivity index (χ1n) is 5.69. The minimum Gasteiger partial charge on any atom is -0.397 e. The maximum Gasteiger partial charge on any atom is 0.254 e. The third-order valence-electron chi connectivity index (χ3n) is 3.12. The molecule has 0 radical (unpaired) electrons. The molecule has 4 N–H and O–H groups in total. The Hall–Kier alpha value is -1.33. The number of hydrogen-bond acceptors (Lipinski definition) is 3. The van der Waals surface area contributed by atoms with Crippen molar-refractivity contribution in [1.29, 1.82) is 0 Å². The molecule has 1 aromatic carbocycles. The van der Waals surface area contributed by atoms with Crippen molar-refractivity contribution in [2.75, 3.05) is 18.8 Å². The normalized spacial score (nSPS) is 23.1. The van der Waals surface area contributed by atoms with Crippen molar-refractivity contribution in [2.45, 2.75) is 18.9 Å². The molecule has 1 aromatic rings. The smallest absolute Gasteiger partial charge is 0.254 e. The fourth-order valence-corrected chi connectivity index (χ4v) is 2.16. The number of carbonyl (C=O) groups is 1. The molecule has 1 saturated heterocycles. The van der Waals surface area contributed by atoms with E-state index in [2.05, 4.69) is 10.6 Å². The predicted molar refractivity (Wildman–Crippen MR) is 69.2 cm³/mol. The van der Waals surface area contributed by atoms with E-state index in [1.54, 1.807) is 0 Å². The first kappa shape index (κ1) is 13.1. The summed E-state index contributed by atoms with van der Waals surface area (Å²) in [5.74, 6) is -1.13. The summed E-state index contributed by atoms with van der Waals surface area (Å²) in [6.07, 6.45) is 0.809. The van der Waals surface area contributed by atoms with Crippen LogP contribution in [-0.2, 0) is 0 Å². The molecule has 4 nitrogen and oxygen atoms in total. The molecule has 1 heterocycles. The van der Waals surface area contributed by atoms with Crippen LogP contribution >= 0.6 is 11.6 Å². The van der Waals surface area contributed by atoms with Gasteiger partial charge in [0.2, 0.25) is 0 Å². The third-order valence-corrected chi connectivity index (χ3v) is 3.44. The van der Waals surface area contributed by atoms with Gasteiger partial charge in [-0.25, -0.2) is 4.39 Å². The molecule has 0 unspecified atom stereocenters. The highest BCUT2D eigenvalue weighted by molar-refractivity contribution is 6.33. The number of carbonyl (C=O) groups excluding carboxylic acids is 1. The molecule has 1 aliphatic rings. The molecule has 0 bridgehead atoms. The molecular formula is C12H15ClFN3O. The first-order chi connectivity index (χ1) is 8.41. The fraction of sp³-hybridized carbons (Fsp3) is 0.417. The topological polar surface area (TPSA) is 67.2 Å². The molecule has 0 aromatic heterocycles. The van der Waals surface area contributed by atoms with Gasteiger partial charge in [-0.05, 0) is 32.0 Å². The van der Waals surface area contributed by atoms with Gasteiger partial charge in [0.1, 0.15) is 5.82 Å². The number of anilines is 1. The molecule has 18 heavy (non-hydrogen) atoms. The maximum absolute atomic E-state index is 13.7. The minimum absolute atomic E-state index is 0.0812. The van der Waals surface area contributed by atoms with Crippen LogP contribution in [0.15, 0.2) is 12.1 Å². The lowest BCUT2D eigenvalue weighted by atomic mass is 10.0. The van der Waals surface area contributed by atoms with Gasteiger partial charge in [-0.15, -0.1) is 0 Å². The van der Waals surface area contributed by atoms with E-state index in [0.717, 1.165) is 19.0 Å². The Morgan fingerprint density at radius 1 is 1.61 bits per heavy atom. The van der Waals surface area contributed by atoms with Crippen molar-refractivity contribution >= 4 is 23.2 Å². The van der Waals surface area contributed by atoms with Gasteiger partial charge < -0.3 is 16.4 Å². The SMILES string of the molecule is C[C@@]1(NC(=O)c2cc(Cl)c(N)cc2F)CCNC1. The summed E-state index contributed by atoms with van der Waals surface area (Å²) in [4.78, 5) is 12.0. The lowest BCUT2D eigenvalue weighted by Gasteiger charge is -2.24. The van der Waals surface area contributed by atoms with E-state index in [1.165, 1.54) is 6.07 Å². The summed E-state index contributed by atoms with van der Waals surface area (Å²) < 4.78 is 13.7. The van der Waals surface area contributed by atoms with E-state index in [0.29, 0.717) is 6.54 Å². The number of rotatable bonds is 2. The van der Waals surface area contributed by atoms with Gasteiger partial charge in [0.15, 0.2) is 0 Å². The monoisotopic (exact) mass is 271 g/mol. The van der Waals surface area contributed by atoms with Crippen molar-refractivity contribution in [3.63, 3.8) is 0 Å². The van der Waals surface area contributed by atoms with E-state index in [-0.39, 0.29) is 21.8 Å². The van der Waals surface area contributed by atoms with Crippen molar-refractivity contribution < 1.29 is 9.18 Å². The van der Waals surface area contributed by atoms with Crippen LogP contribution in [0.4, 0.5) is 10.1 Å². The number of hydrogen-bond donors (Lipinski definition) is 3. The van der Waals surface area contributed by atoms with E-state index < -0.39 is 11.7 Å². The molecule has 1 fully saturated rings. The average Bonchev–Trinajstić information content (AvgIpc) is 2.70. The number of nitrogens with one attached hydrogen (secondary N) is 2. The zero-order chi connectivity index (χ0) is 13.3. The zero-order valence-electron chi connectivity index (χ0n) is 10.0. The second-order valence-corrected chi connectivity index (χ2v) is 5.20. The van der Waals surface area contributed by atoms with Crippen LogP contribution in [0.25, 0.3) is 0 Å². The predicted octanol–water partition coefficient (Wildman–Crippen LogP) is 1.54. The second kappa shape index (κ2) is 4.74. The van der Waals surface area contributed by atoms with Gasteiger partial charge in [0, 0.05) is 6.54 Å². The van der Waals surface area contributed by atoms with Crippen molar-refractivity contribution in [3.05, 3.63) is 28.5 Å². The largest absolute Gasteiger partial charge is 0.397 e. The number of amides is 1. The van der Waals surface area contributed by atoms with Crippen molar-refractivity contribution in [2.24, 2.45) is 0 Å². The molecule has 0 aliphatic carbocycles. The number of nitrogen functional groups attached to an aromatic ring is 1. The lowest BCUT2D eigenvalue weighted by molar-refractivity contribution is 0.0909. The summed E-state index contributed by atoms with van der Waals surface area (Å²) in [5.41, 5.74) is 5.16. The van der Waals surface area contributed by atoms with E-state index in [9.17, 15) is 9.18 Å². The van der Waals surface area contributed by atoms with Gasteiger partial charge in [0.25, 0.3) is 5.91 Å². The Labute approximate surface area is 110 Å². The highest BCUT2D eigenvalue weighted by Crippen LogP contribution is 2.23. The molecule has 6 heteroatoms. The Morgan fingerprint density at radius 2 is 2.33 bits per heavy atom. The lowest BCUT2D eigenvalue weighted by Crippen LogP contribution is -2.47. The Balaban J connectivity index is 2.21. The summed E-state index contributed by atoms with van der Waals surface area (Å²) in [7, 11) is 0. The summed E-state index contributed by atoms with van der Waals surface area (Å²) in [6, 6.07) is 2.32. The Kier molecular flexibility index (Phi) is 3.45. The molecule has 0 saturated carbocycles. The molecule has 1 amide bonds. The standard InChI is InChI=1S/C12H15ClFN3O/c1-12(2-3-16-6-12)17-11(18)7-4-8(13)10(15)5-9(7)14/h4-5,16H,2-3,6,15H2,1H3,(H,17,18)/t12-/m1/s1. The number of benzene rings is 1. The fourth-order valence-electron chi connectivity index (χ4n) is 2.00. The second-order valence-electron chi connectivity index (χ2n) is 4.80. The Bertz CT molecular complexity index is 486. The summed E-state index contributed by atoms with van der Waals surface area (Å²) in [5, 5.41) is 6.15. The highest BCUT2D eigenvalue weighted by atomic mass is 35.5. The molecule has 1 atom stereocenters. The van der Waals surface area contributed by atoms with E-state index in [4.69, 9.17) is 17.3 Å². The zero-order valence-corrected chi connectivity index (χ0v) is 10.8. The van der Waals surface area contributed by atoms with Gasteiger partial charge in [-0.1, -0.05) is 11.6 Å². The van der Waals surface area contributed by atoms with Gasteiger partial charge in [-0.3, -0.25) is 4.79 Å². The maximum atomic E-state index is 13.7. The number of halogens is 2. The quantitative estimate of drug-likeness (QED) is 0.715. The molecule has 1 aliphatic heterocycles. The molecule has 98 valence electrons.